The molecule has 3 rings (SSSR count). The van der Waals surface area contributed by atoms with Gasteiger partial charge in [0, 0.05) is 29.3 Å². The van der Waals surface area contributed by atoms with Gasteiger partial charge in [0.2, 0.25) is 0 Å². The number of nitrogen functional groups attached to an aromatic ring is 1. The van der Waals surface area contributed by atoms with Crippen LogP contribution in [0.1, 0.15) is 31.2 Å². The van der Waals surface area contributed by atoms with E-state index in [-0.39, 0.29) is 0 Å². The van der Waals surface area contributed by atoms with Crippen molar-refractivity contribution in [3.8, 4) is 0 Å². The Hall–Kier alpha value is -1.48. The molecule has 0 radical (unpaired) electrons. The zero-order valence-corrected chi connectivity index (χ0v) is 10.8. The second kappa shape index (κ2) is 5.02. The van der Waals surface area contributed by atoms with Crippen molar-refractivity contribution in [1.29, 1.82) is 0 Å². The number of H-pyrrole nitrogens is 1. The van der Waals surface area contributed by atoms with Gasteiger partial charge < -0.3 is 10.7 Å². The Balaban J connectivity index is 1.83. The predicted molar refractivity (Wildman–Crippen MR) is 76.5 cm³/mol. The van der Waals surface area contributed by atoms with Crippen molar-refractivity contribution in [2.24, 2.45) is 0 Å². The molecule has 1 aromatic carbocycles. The number of fused-ring (bicyclic) bond motifs is 1. The summed E-state index contributed by atoms with van der Waals surface area (Å²) in [5.41, 5.74) is 9.29. The van der Waals surface area contributed by atoms with E-state index in [1.54, 1.807) is 0 Å². The molecule has 3 N–H and O–H groups in total. The van der Waals surface area contributed by atoms with Crippen LogP contribution in [0.2, 0.25) is 0 Å². The van der Waals surface area contributed by atoms with Crippen molar-refractivity contribution >= 4 is 16.6 Å². The van der Waals surface area contributed by atoms with Crippen molar-refractivity contribution in [2.45, 2.75) is 32.2 Å². The molecule has 1 saturated heterocycles. The average molecular weight is 243 g/mol. The lowest BCUT2D eigenvalue weighted by atomic mass is 10.1. The van der Waals surface area contributed by atoms with E-state index in [2.05, 4.69) is 28.2 Å². The Morgan fingerprint density at radius 2 is 1.89 bits per heavy atom. The van der Waals surface area contributed by atoms with Crippen LogP contribution in [-0.2, 0) is 6.54 Å². The highest BCUT2D eigenvalue weighted by Gasteiger charge is 2.12. The number of aromatic nitrogens is 1. The largest absolute Gasteiger partial charge is 0.399 e. The van der Waals surface area contributed by atoms with Gasteiger partial charge in [0.05, 0.1) is 0 Å². The van der Waals surface area contributed by atoms with Crippen LogP contribution in [0.15, 0.2) is 24.4 Å². The minimum Gasteiger partial charge on any atom is -0.399 e. The smallest absolute Gasteiger partial charge is 0.0458 e. The third kappa shape index (κ3) is 2.36. The van der Waals surface area contributed by atoms with Crippen LogP contribution in [0.25, 0.3) is 10.9 Å². The van der Waals surface area contributed by atoms with Gasteiger partial charge >= 0.3 is 0 Å². The fourth-order valence-corrected chi connectivity index (χ4v) is 2.86. The van der Waals surface area contributed by atoms with Gasteiger partial charge in [-0.2, -0.15) is 0 Å². The topological polar surface area (TPSA) is 45.1 Å². The average Bonchev–Trinajstić information content (AvgIpc) is 2.60. The highest BCUT2D eigenvalue weighted by atomic mass is 15.1. The zero-order chi connectivity index (χ0) is 12.4. The number of hydrogen-bond acceptors (Lipinski definition) is 2. The first-order valence-electron chi connectivity index (χ1n) is 6.91. The molecule has 0 bridgehead atoms. The molecule has 18 heavy (non-hydrogen) atoms. The van der Waals surface area contributed by atoms with E-state index < -0.39 is 0 Å². The molecule has 0 unspecified atom stereocenters. The Morgan fingerprint density at radius 3 is 2.67 bits per heavy atom. The highest BCUT2D eigenvalue weighted by molar-refractivity contribution is 5.86. The van der Waals surface area contributed by atoms with Crippen molar-refractivity contribution in [2.75, 3.05) is 18.8 Å². The lowest BCUT2D eigenvalue weighted by molar-refractivity contribution is 0.278. The number of hydrogen-bond donors (Lipinski definition) is 2. The van der Waals surface area contributed by atoms with Gasteiger partial charge in [-0.15, -0.1) is 0 Å². The van der Waals surface area contributed by atoms with Gasteiger partial charge in [0.1, 0.15) is 0 Å². The molecule has 0 amide bonds. The van der Waals surface area contributed by atoms with E-state index in [1.165, 1.54) is 55.2 Å². The Labute approximate surface area is 108 Å². The van der Waals surface area contributed by atoms with Crippen LogP contribution >= 0.6 is 0 Å². The number of nitrogens with two attached hydrogens (primary N) is 1. The van der Waals surface area contributed by atoms with Gasteiger partial charge in [-0.1, -0.05) is 12.8 Å². The number of anilines is 1. The number of likely N-dealkylation sites (tertiary alicyclic amines) is 1. The Kier molecular flexibility index (Phi) is 3.24. The summed E-state index contributed by atoms with van der Waals surface area (Å²) in [7, 11) is 0. The van der Waals surface area contributed by atoms with E-state index in [9.17, 15) is 0 Å². The maximum Gasteiger partial charge on any atom is 0.0458 e. The molecule has 0 aliphatic carbocycles. The quantitative estimate of drug-likeness (QED) is 0.796. The lowest BCUT2D eigenvalue weighted by Gasteiger charge is -2.19. The van der Waals surface area contributed by atoms with Gasteiger partial charge in [-0.3, -0.25) is 4.90 Å². The monoisotopic (exact) mass is 243 g/mol. The number of aromatic amines is 1. The van der Waals surface area contributed by atoms with Crippen LogP contribution in [-0.4, -0.2) is 23.0 Å². The first kappa shape index (κ1) is 11.6. The molecule has 3 heteroatoms. The number of nitrogens with one attached hydrogen (secondary N) is 1. The van der Waals surface area contributed by atoms with Crippen LogP contribution in [0.4, 0.5) is 5.69 Å². The molecule has 2 aromatic rings. The highest BCUT2D eigenvalue weighted by Crippen LogP contribution is 2.23. The van der Waals surface area contributed by atoms with E-state index in [1.807, 2.05) is 6.07 Å². The van der Waals surface area contributed by atoms with Crippen LogP contribution < -0.4 is 5.73 Å². The van der Waals surface area contributed by atoms with Crippen molar-refractivity contribution < 1.29 is 0 Å². The van der Waals surface area contributed by atoms with Gasteiger partial charge in [-0.05, 0) is 49.7 Å². The fraction of sp³-hybridized carbons (Fsp3) is 0.467. The summed E-state index contributed by atoms with van der Waals surface area (Å²) in [6.45, 7) is 3.51. The molecular weight excluding hydrogens is 222 g/mol. The van der Waals surface area contributed by atoms with Gasteiger partial charge in [0.25, 0.3) is 0 Å². The fourth-order valence-electron chi connectivity index (χ4n) is 2.86. The van der Waals surface area contributed by atoms with Crippen LogP contribution in [0, 0.1) is 0 Å². The second-order valence-electron chi connectivity index (χ2n) is 5.31. The van der Waals surface area contributed by atoms with Gasteiger partial charge in [-0.25, -0.2) is 0 Å². The molecule has 2 heterocycles. The second-order valence-corrected chi connectivity index (χ2v) is 5.31. The van der Waals surface area contributed by atoms with Crippen molar-refractivity contribution in [3.63, 3.8) is 0 Å². The van der Waals surface area contributed by atoms with E-state index in [0.29, 0.717) is 0 Å². The molecule has 0 spiro atoms. The molecule has 1 aliphatic rings. The number of benzene rings is 1. The Bertz CT molecular complexity index is 522. The third-order valence-electron chi connectivity index (χ3n) is 3.88. The molecule has 96 valence electrons. The first-order chi connectivity index (χ1) is 8.83. The SMILES string of the molecule is Nc1ccc2[nH]cc(CN3CCCCCC3)c2c1. The summed E-state index contributed by atoms with van der Waals surface area (Å²) in [4.78, 5) is 5.91. The standard InChI is InChI=1S/C15H21N3/c16-13-5-6-15-14(9-13)12(10-17-15)11-18-7-3-1-2-4-8-18/h5-6,9-10,17H,1-4,7-8,11,16H2. The predicted octanol–water partition coefficient (Wildman–Crippen LogP) is 3.13. The van der Waals surface area contributed by atoms with Crippen molar-refractivity contribution in [3.05, 3.63) is 30.0 Å². The molecule has 3 nitrogen and oxygen atoms in total. The minimum absolute atomic E-state index is 0.846. The third-order valence-corrected chi connectivity index (χ3v) is 3.88. The maximum atomic E-state index is 5.88. The summed E-state index contributed by atoms with van der Waals surface area (Å²) < 4.78 is 0. The van der Waals surface area contributed by atoms with Crippen LogP contribution in [0.3, 0.4) is 0 Å². The summed E-state index contributed by atoms with van der Waals surface area (Å²) in [6.07, 6.45) is 7.58. The molecule has 1 fully saturated rings. The Morgan fingerprint density at radius 1 is 1.11 bits per heavy atom. The molecular formula is C15H21N3. The zero-order valence-electron chi connectivity index (χ0n) is 10.8. The maximum absolute atomic E-state index is 5.88. The summed E-state index contributed by atoms with van der Waals surface area (Å²) >= 11 is 0. The molecule has 1 aliphatic heterocycles. The summed E-state index contributed by atoms with van der Waals surface area (Å²) in [6, 6.07) is 6.10. The first-order valence-corrected chi connectivity index (χ1v) is 6.91. The summed E-state index contributed by atoms with van der Waals surface area (Å²) in [5.74, 6) is 0. The lowest BCUT2D eigenvalue weighted by Crippen LogP contribution is -2.23. The minimum atomic E-state index is 0.846. The van der Waals surface area contributed by atoms with Crippen molar-refractivity contribution in [1.82, 2.24) is 9.88 Å². The normalized spacial score (nSPS) is 18.0. The van der Waals surface area contributed by atoms with E-state index >= 15 is 0 Å². The van der Waals surface area contributed by atoms with Crippen LogP contribution in [0.5, 0.6) is 0 Å². The number of nitrogens with zero attached hydrogens (tertiary/aromatic N) is 1. The van der Waals surface area contributed by atoms with E-state index in [4.69, 9.17) is 5.73 Å². The molecule has 0 saturated carbocycles. The van der Waals surface area contributed by atoms with Gasteiger partial charge in [0.15, 0.2) is 0 Å². The van der Waals surface area contributed by atoms with E-state index in [0.717, 1.165) is 12.2 Å². The number of rotatable bonds is 2. The molecule has 1 aromatic heterocycles. The molecule has 0 atom stereocenters. The summed E-state index contributed by atoms with van der Waals surface area (Å²) in [5, 5.41) is 1.28.